The van der Waals surface area contributed by atoms with Crippen molar-refractivity contribution in [2.45, 2.75) is 25.8 Å². The number of hydrogen-bond donors (Lipinski definition) is 3. The van der Waals surface area contributed by atoms with E-state index < -0.39 is 0 Å². The molecular formula is C20H21ClN2O2. The van der Waals surface area contributed by atoms with Crippen LogP contribution in [0.1, 0.15) is 16.7 Å². The molecule has 25 heavy (non-hydrogen) atoms. The Labute approximate surface area is 151 Å². The van der Waals surface area contributed by atoms with Crippen molar-refractivity contribution in [2.75, 3.05) is 6.61 Å². The Bertz CT molecular complexity index is 888. The minimum absolute atomic E-state index is 0.0978. The predicted octanol–water partition coefficient (Wildman–Crippen LogP) is 3.39. The summed E-state index contributed by atoms with van der Waals surface area (Å²) in [5, 5.41) is 14.1. The van der Waals surface area contributed by atoms with Crippen LogP contribution in [-0.2, 0) is 17.6 Å². The largest absolute Gasteiger partial charge is 0.394 e. The van der Waals surface area contributed by atoms with Crippen molar-refractivity contribution in [2.24, 2.45) is 0 Å². The maximum atomic E-state index is 12.4. The van der Waals surface area contributed by atoms with Gasteiger partial charge in [-0.25, -0.2) is 0 Å². The molecule has 0 saturated heterocycles. The first kappa shape index (κ1) is 17.5. The SMILES string of the molecule is Cc1cccc(CC(CO)NC(=O)Cc2c[nH]c3ccc(Cl)cc23)c1. The summed E-state index contributed by atoms with van der Waals surface area (Å²) in [5.74, 6) is -0.118. The summed E-state index contributed by atoms with van der Waals surface area (Å²) in [4.78, 5) is 15.5. The number of nitrogens with one attached hydrogen (secondary N) is 2. The van der Waals surface area contributed by atoms with E-state index in [1.54, 1.807) is 0 Å². The lowest BCUT2D eigenvalue weighted by molar-refractivity contribution is -0.121. The third-order valence-corrected chi connectivity index (χ3v) is 4.47. The summed E-state index contributed by atoms with van der Waals surface area (Å²) in [6, 6.07) is 13.3. The van der Waals surface area contributed by atoms with Gasteiger partial charge in [-0.3, -0.25) is 4.79 Å². The predicted molar refractivity (Wildman–Crippen MR) is 101 cm³/mol. The highest BCUT2D eigenvalue weighted by molar-refractivity contribution is 6.31. The van der Waals surface area contributed by atoms with Gasteiger partial charge in [-0.2, -0.15) is 0 Å². The summed E-state index contributed by atoms with van der Waals surface area (Å²) in [6.45, 7) is 1.93. The molecule has 3 rings (SSSR count). The van der Waals surface area contributed by atoms with E-state index in [1.807, 2.05) is 49.5 Å². The van der Waals surface area contributed by atoms with E-state index in [9.17, 15) is 9.90 Å². The zero-order chi connectivity index (χ0) is 17.8. The molecule has 1 atom stereocenters. The Morgan fingerprint density at radius 1 is 1.28 bits per heavy atom. The van der Waals surface area contributed by atoms with Crippen LogP contribution in [0.5, 0.6) is 0 Å². The summed E-state index contributed by atoms with van der Waals surface area (Å²) >= 11 is 6.05. The normalized spacial score (nSPS) is 12.3. The molecule has 0 radical (unpaired) electrons. The number of amides is 1. The highest BCUT2D eigenvalue weighted by Crippen LogP contribution is 2.22. The Morgan fingerprint density at radius 3 is 2.88 bits per heavy atom. The summed E-state index contributed by atoms with van der Waals surface area (Å²) < 4.78 is 0. The number of halogens is 1. The molecule has 1 amide bonds. The first-order chi connectivity index (χ1) is 12.0. The summed E-state index contributed by atoms with van der Waals surface area (Å²) in [7, 11) is 0. The number of benzene rings is 2. The van der Waals surface area contributed by atoms with Crippen LogP contribution in [0.25, 0.3) is 10.9 Å². The number of aryl methyl sites for hydroxylation is 1. The molecule has 4 nitrogen and oxygen atoms in total. The van der Waals surface area contributed by atoms with Gasteiger partial charge in [0, 0.05) is 22.1 Å². The molecule has 0 fully saturated rings. The molecule has 1 heterocycles. The van der Waals surface area contributed by atoms with Gasteiger partial charge in [-0.15, -0.1) is 0 Å². The van der Waals surface area contributed by atoms with Gasteiger partial charge in [0.05, 0.1) is 19.1 Å². The lowest BCUT2D eigenvalue weighted by atomic mass is 10.0. The maximum absolute atomic E-state index is 12.4. The molecule has 2 aromatic carbocycles. The lowest BCUT2D eigenvalue weighted by Crippen LogP contribution is -2.39. The minimum atomic E-state index is -0.303. The Balaban J connectivity index is 1.66. The number of aromatic nitrogens is 1. The molecule has 0 aliphatic carbocycles. The second-order valence-corrected chi connectivity index (χ2v) is 6.76. The highest BCUT2D eigenvalue weighted by Gasteiger charge is 2.14. The number of aliphatic hydroxyl groups is 1. The van der Waals surface area contributed by atoms with Gasteiger partial charge in [0.1, 0.15) is 0 Å². The fraction of sp³-hybridized carbons (Fsp3) is 0.250. The first-order valence-corrected chi connectivity index (χ1v) is 8.64. The molecule has 0 spiro atoms. The van der Waals surface area contributed by atoms with Crippen LogP contribution in [0, 0.1) is 6.92 Å². The van der Waals surface area contributed by atoms with Crippen LogP contribution in [-0.4, -0.2) is 28.6 Å². The van der Waals surface area contributed by atoms with Crippen molar-refractivity contribution in [3.63, 3.8) is 0 Å². The molecule has 3 aromatic rings. The number of carbonyl (C=O) groups excluding carboxylic acids is 1. The molecule has 5 heteroatoms. The quantitative estimate of drug-likeness (QED) is 0.633. The summed E-state index contributed by atoms with van der Waals surface area (Å²) in [5.41, 5.74) is 4.10. The van der Waals surface area contributed by atoms with Gasteiger partial charge in [-0.05, 0) is 42.7 Å². The third-order valence-electron chi connectivity index (χ3n) is 4.23. The van der Waals surface area contributed by atoms with Crippen LogP contribution in [0.2, 0.25) is 5.02 Å². The minimum Gasteiger partial charge on any atom is -0.394 e. The van der Waals surface area contributed by atoms with E-state index in [0.717, 1.165) is 27.6 Å². The van der Waals surface area contributed by atoms with E-state index in [-0.39, 0.29) is 25.0 Å². The Hall–Kier alpha value is -2.30. The highest BCUT2D eigenvalue weighted by atomic mass is 35.5. The molecular weight excluding hydrogens is 336 g/mol. The molecule has 0 saturated carbocycles. The second-order valence-electron chi connectivity index (χ2n) is 6.32. The van der Waals surface area contributed by atoms with Crippen LogP contribution in [0.4, 0.5) is 0 Å². The Morgan fingerprint density at radius 2 is 2.12 bits per heavy atom. The van der Waals surface area contributed by atoms with Gasteiger partial charge < -0.3 is 15.4 Å². The van der Waals surface area contributed by atoms with E-state index >= 15 is 0 Å². The van der Waals surface area contributed by atoms with Crippen LogP contribution in [0.15, 0.2) is 48.7 Å². The number of hydrogen-bond acceptors (Lipinski definition) is 2. The van der Waals surface area contributed by atoms with Crippen molar-refractivity contribution < 1.29 is 9.90 Å². The first-order valence-electron chi connectivity index (χ1n) is 8.26. The smallest absolute Gasteiger partial charge is 0.224 e. The standard InChI is InChI=1S/C20H21ClN2O2/c1-13-3-2-4-14(7-13)8-17(12-24)23-20(25)9-15-11-22-19-6-5-16(21)10-18(15)19/h2-7,10-11,17,22,24H,8-9,12H2,1H3,(H,23,25). The number of carbonyl (C=O) groups is 1. The average molecular weight is 357 g/mol. The van der Waals surface area contributed by atoms with Crippen molar-refractivity contribution in [3.05, 3.63) is 70.4 Å². The number of rotatable bonds is 6. The third kappa shape index (κ3) is 4.41. The number of fused-ring (bicyclic) bond motifs is 1. The molecule has 130 valence electrons. The number of H-pyrrole nitrogens is 1. The van der Waals surface area contributed by atoms with Crippen molar-refractivity contribution in [1.82, 2.24) is 10.3 Å². The number of aliphatic hydroxyl groups excluding tert-OH is 1. The van der Waals surface area contributed by atoms with E-state index in [2.05, 4.69) is 16.4 Å². The van der Waals surface area contributed by atoms with E-state index in [0.29, 0.717) is 11.4 Å². The van der Waals surface area contributed by atoms with Gasteiger partial charge in [0.25, 0.3) is 0 Å². The van der Waals surface area contributed by atoms with Gasteiger partial charge >= 0.3 is 0 Å². The van der Waals surface area contributed by atoms with Crippen molar-refractivity contribution in [1.29, 1.82) is 0 Å². The summed E-state index contributed by atoms with van der Waals surface area (Å²) in [6.07, 6.45) is 2.67. The van der Waals surface area contributed by atoms with Crippen molar-refractivity contribution in [3.8, 4) is 0 Å². The van der Waals surface area contributed by atoms with Crippen LogP contribution >= 0.6 is 11.6 Å². The number of aromatic amines is 1. The zero-order valence-electron chi connectivity index (χ0n) is 14.1. The second kappa shape index (κ2) is 7.72. The van der Waals surface area contributed by atoms with Gasteiger partial charge in [0.15, 0.2) is 0 Å². The van der Waals surface area contributed by atoms with Gasteiger partial charge in [-0.1, -0.05) is 41.4 Å². The molecule has 0 aliphatic heterocycles. The van der Waals surface area contributed by atoms with Crippen LogP contribution in [0.3, 0.4) is 0 Å². The zero-order valence-corrected chi connectivity index (χ0v) is 14.8. The fourth-order valence-electron chi connectivity index (χ4n) is 3.03. The molecule has 1 aromatic heterocycles. The maximum Gasteiger partial charge on any atom is 0.224 e. The monoisotopic (exact) mass is 356 g/mol. The molecule has 3 N–H and O–H groups in total. The molecule has 1 unspecified atom stereocenters. The van der Waals surface area contributed by atoms with Crippen LogP contribution < -0.4 is 5.32 Å². The topological polar surface area (TPSA) is 65.1 Å². The van der Waals surface area contributed by atoms with E-state index in [4.69, 9.17) is 11.6 Å². The Kier molecular flexibility index (Phi) is 5.41. The molecule has 0 bridgehead atoms. The lowest BCUT2D eigenvalue weighted by Gasteiger charge is -2.16. The fourth-order valence-corrected chi connectivity index (χ4v) is 3.21. The molecule has 0 aliphatic rings. The van der Waals surface area contributed by atoms with Gasteiger partial charge in [0.2, 0.25) is 5.91 Å². The van der Waals surface area contributed by atoms with Crippen molar-refractivity contribution >= 4 is 28.4 Å². The van der Waals surface area contributed by atoms with E-state index in [1.165, 1.54) is 0 Å². The average Bonchev–Trinajstić information content (AvgIpc) is 2.96.